The fourth-order valence-electron chi connectivity index (χ4n) is 3.12. The summed E-state index contributed by atoms with van der Waals surface area (Å²) < 4.78 is 9.78. The quantitative estimate of drug-likeness (QED) is 0.556. The highest BCUT2D eigenvalue weighted by Crippen LogP contribution is 2.17. The molecule has 0 saturated heterocycles. The Labute approximate surface area is 160 Å². The van der Waals surface area contributed by atoms with Crippen LogP contribution >= 0.6 is 0 Å². The normalized spacial score (nSPS) is 12.0. The van der Waals surface area contributed by atoms with E-state index in [1.807, 2.05) is 54.0 Å². The molecule has 0 aliphatic carbocycles. The maximum Gasteiger partial charge on any atom is 0.356 e. The first-order valence-electron chi connectivity index (χ1n) is 8.74. The van der Waals surface area contributed by atoms with Crippen molar-refractivity contribution >= 4 is 17.0 Å². The lowest BCUT2D eigenvalue weighted by molar-refractivity contribution is -0.665. The second-order valence-corrected chi connectivity index (χ2v) is 6.39. The zero-order chi connectivity index (χ0) is 17.8. The minimum atomic E-state index is -0.645. The van der Waals surface area contributed by atoms with Crippen LogP contribution in [0.15, 0.2) is 48.5 Å². The topological polar surface area (TPSA) is 64.3 Å². The molecule has 2 aromatic carbocycles. The number of imidazole rings is 1. The summed E-state index contributed by atoms with van der Waals surface area (Å²) in [6, 6.07) is 15.9. The average molecular weight is 376 g/mol. The van der Waals surface area contributed by atoms with Gasteiger partial charge in [-0.2, -0.15) is 0 Å². The van der Waals surface area contributed by atoms with Crippen molar-refractivity contribution in [2.45, 2.75) is 39.5 Å². The first kappa shape index (κ1) is 20.1. The van der Waals surface area contributed by atoms with Gasteiger partial charge >= 0.3 is 5.95 Å². The number of hydrogen-bond acceptors (Lipinski definition) is 3. The molecule has 140 valence electrons. The van der Waals surface area contributed by atoms with Gasteiger partial charge in [0.1, 0.15) is 36.0 Å². The number of aromatic nitrogens is 2. The monoisotopic (exact) mass is 375 g/mol. The zero-order valence-electron chi connectivity index (χ0n) is 15.2. The van der Waals surface area contributed by atoms with E-state index < -0.39 is 6.10 Å². The Morgan fingerprint density at radius 1 is 1.19 bits per heavy atom. The van der Waals surface area contributed by atoms with E-state index in [-0.39, 0.29) is 19.0 Å². The number of hydrogen-bond donors (Lipinski definition) is 2. The Kier molecular flexibility index (Phi) is 6.89. The number of halogens is 1. The van der Waals surface area contributed by atoms with E-state index >= 15 is 0 Å². The van der Waals surface area contributed by atoms with Crippen molar-refractivity contribution < 1.29 is 26.8 Å². The van der Waals surface area contributed by atoms with Crippen molar-refractivity contribution in [2.75, 3.05) is 12.3 Å². The molecule has 1 heterocycles. The summed E-state index contributed by atoms with van der Waals surface area (Å²) in [5, 5.41) is 10.4. The summed E-state index contributed by atoms with van der Waals surface area (Å²) >= 11 is 0. The lowest BCUT2D eigenvalue weighted by atomic mass is 10.2. The van der Waals surface area contributed by atoms with Gasteiger partial charge < -0.3 is 22.3 Å². The maximum atomic E-state index is 10.4. The molecular formula is C20H26ClN3O2. The van der Waals surface area contributed by atoms with Crippen molar-refractivity contribution in [3.05, 3.63) is 54.1 Å². The first-order valence-corrected chi connectivity index (χ1v) is 8.74. The number of ether oxygens (including phenoxy) is 1. The van der Waals surface area contributed by atoms with Gasteiger partial charge in [-0.05, 0) is 43.2 Å². The molecule has 1 atom stereocenters. The van der Waals surface area contributed by atoms with Crippen LogP contribution in [0.3, 0.4) is 0 Å². The number of nitrogens with two attached hydrogens (primary N) is 1. The van der Waals surface area contributed by atoms with Crippen molar-refractivity contribution in [3.63, 3.8) is 0 Å². The Balaban J connectivity index is 0.00000243. The number of aryl methyl sites for hydroxylation is 2. The van der Waals surface area contributed by atoms with E-state index in [1.165, 1.54) is 0 Å². The Morgan fingerprint density at radius 2 is 1.96 bits per heavy atom. The molecule has 1 aromatic heterocycles. The van der Waals surface area contributed by atoms with Crippen LogP contribution in [-0.2, 0) is 13.1 Å². The SMILES string of the molecule is CCCn1c(N)[n+](CC(O)COc2cccc(C)c2)c2ccccc21.[Cl-]. The van der Waals surface area contributed by atoms with E-state index in [1.54, 1.807) is 0 Å². The number of para-hydroxylation sites is 2. The summed E-state index contributed by atoms with van der Waals surface area (Å²) in [5.74, 6) is 1.43. The van der Waals surface area contributed by atoms with Crippen LogP contribution < -0.4 is 27.4 Å². The summed E-state index contributed by atoms with van der Waals surface area (Å²) in [5.41, 5.74) is 9.61. The molecule has 0 fully saturated rings. The molecule has 26 heavy (non-hydrogen) atoms. The van der Waals surface area contributed by atoms with Crippen molar-refractivity contribution in [1.82, 2.24) is 4.57 Å². The van der Waals surface area contributed by atoms with Gasteiger partial charge in [-0.15, -0.1) is 0 Å². The highest BCUT2D eigenvalue weighted by atomic mass is 35.5. The molecule has 5 nitrogen and oxygen atoms in total. The molecule has 3 N–H and O–H groups in total. The lowest BCUT2D eigenvalue weighted by Gasteiger charge is -2.12. The van der Waals surface area contributed by atoms with Gasteiger partial charge in [0.15, 0.2) is 0 Å². The largest absolute Gasteiger partial charge is 1.00 e. The second kappa shape index (κ2) is 8.92. The number of aliphatic hydroxyl groups is 1. The van der Waals surface area contributed by atoms with Crippen molar-refractivity contribution in [1.29, 1.82) is 0 Å². The number of rotatable bonds is 7. The van der Waals surface area contributed by atoms with Gasteiger partial charge in [0.05, 0.1) is 6.54 Å². The standard InChI is InChI=1S/C20H25N3O2.ClH/c1-3-11-22-18-9-4-5-10-19(18)23(20(22)21)13-16(24)14-25-17-8-6-7-15(2)12-17;/h4-10,12,16,21,24H,3,11,13-14H2,1-2H3;1H. The fourth-order valence-corrected chi connectivity index (χ4v) is 3.12. The lowest BCUT2D eigenvalue weighted by Crippen LogP contribution is -3.00. The van der Waals surface area contributed by atoms with Crippen molar-refractivity contribution in [2.24, 2.45) is 0 Å². The van der Waals surface area contributed by atoms with Gasteiger partial charge in [-0.1, -0.05) is 31.2 Å². The summed E-state index contributed by atoms with van der Waals surface area (Å²) in [7, 11) is 0. The van der Waals surface area contributed by atoms with E-state index in [2.05, 4.69) is 17.6 Å². The average Bonchev–Trinajstić information content (AvgIpc) is 2.86. The minimum Gasteiger partial charge on any atom is -1.00 e. The predicted molar refractivity (Wildman–Crippen MR) is 99.5 cm³/mol. The highest BCUT2D eigenvalue weighted by Gasteiger charge is 2.22. The predicted octanol–water partition coefficient (Wildman–Crippen LogP) is -0.327. The molecule has 0 aliphatic heterocycles. The molecule has 3 aromatic rings. The summed E-state index contributed by atoms with van der Waals surface area (Å²) in [6.07, 6.45) is 0.357. The summed E-state index contributed by atoms with van der Waals surface area (Å²) in [6.45, 7) is 5.62. The molecule has 6 heteroatoms. The molecule has 0 spiro atoms. The first-order chi connectivity index (χ1) is 12.1. The smallest absolute Gasteiger partial charge is 0.356 e. The van der Waals surface area contributed by atoms with Crippen LogP contribution in [0, 0.1) is 6.92 Å². The Hall–Kier alpha value is -2.24. The number of nitrogen functional groups attached to an aromatic ring is 1. The van der Waals surface area contributed by atoms with Gasteiger partial charge in [0.25, 0.3) is 0 Å². The minimum absolute atomic E-state index is 0. The fraction of sp³-hybridized carbons (Fsp3) is 0.350. The molecular weight excluding hydrogens is 350 g/mol. The maximum absolute atomic E-state index is 10.4. The van der Waals surface area contributed by atoms with E-state index in [9.17, 15) is 5.11 Å². The van der Waals surface area contributed by atoms with Crippen LogP contribution in [-0.4, -0.2) is 22.4 Å². The highest BCUT2D eigenvalue weighted by molar-refractivity contribution is 5.73. The number of benzene rings is 2. The third-order valence-corrected chi connectivity index (χ3v) is 4.29. The van der Waals surface area contributed by atoms with Gasteiger partial charge in [0.2, 0.25) is 0 Å². The van der Waals surface area contributed by atoms with Gasteiger partial charge in [-0.3, -0.25) is 5.73 Å². The van der Waals surface area contributed by atoms with Crippen molar-refractivity contribution in [3.8, 4) is 5.75 Å². The number of fused-ring (bicyclic) bond motifs is 1. The third kappa shape index (κ3) is 4.29. The van der Waals surface area contributed by atoms with Crippen LogP contribution in [0.1, 0.15) is 18.9 Å². The molecule has 0 bridgehead atoms. The Bertz CT molecular complexity index is 863. The van der Waals surface area contributed by atoms with E-state index in [0.29, 0.717) is 12.5 Å². The second-order valence-electron chi connectivity index (χ2n) is 6.39. The number of anilines is 1. The van der Waals surface area contributed by atoms with Crippen LogP contribution in [0.5, 0.6) is 5.75 Å². The number of nitrogens with zero attached hydrogens (tertiary/aromatic N) is 2. The van der Waals surface area contributed by atoms with Crippen LogP contribution in [0.25, 0.3) is 11.0 Å². The summed E-state index contributed by atoms with van der Waals surface area (Å²) in [4.78, 5) is 0. The molecule has 0 aliphatic rings. The molecule has 0 radical (unpaired) electrons. The van der Waals surface area contributed by atoms with Crippen LogP contribution in [0.4, 0.5) is 5.95 Å². The number of aliphatic hydroxyl groups excluding tert-OH is 1. The van der Waals surface area contributed by atoms with Crippen LogP contribution in [0.2, 0.25) is 0 Å². The molecule has 0 amide bonds. The molecule has 0 saturated carbocycles. The molecule has 3 rings (SSSR count). The van der Waals surface area contributed by atoms with Gasteiger partial charge in [-0.25, -0.2) is 9.13 Å². The zero-order valence-corrected chi connectivity index (χ0v) is 16.0. The van der Waals surface area contributed by atoms with E-state index in [4.69, 9.17) is 10.5 Å². The Morgan fingerprint density at radius 3 is 2.69 bits per heavy atom. The molecule has 1 unspecified atom stereocenters. The third-order valence-electron chi connectivity index (χ3n) is 4.29. The van der Waals surface area contributed by atoms with Gasteiger partial charge in [0, 0.05) is 0 Å². The van der Waals surface area contributed by atoms with E-state index in [0.717, 1.165) is 35.3 Å².